The average molecular weight is 457 g/mol. The van der Waals surface area contributed by atoms with Gasteiger partial charge < -0.3 is 9.66 Å². The van der Waals surface area contributed by atoms with Crippen molar-refractivity contribution < 1.29 is 47.6 Å². The quantitative estimate of drug-likeness (QED) is 0.151. The third-order valence-electron chi connectivity index (χ3n) is 5.99. The average Bonchev–Trinajstić information content (AvgIpc) is 2.67. The fourth-order valence-corrected chi connectivity index (χ4v) is 4.91. The molecule has 0 aliphatic rings. The Labute approximate surface area is 210 Å². The zero-order valence-electron chi connectivity index (χ0n) is 20.4. The molecule has 0 heterocycles. The van der Waals surface area contributed by atoms with E-state index in [1.165, 1.54) is 44.9 Å². The normalized spacial score (nSPS) is 13.7. The van der Waals surface area contributed by atoms with E-state index in [4.69, 9.17) is 0 Å². The SMILES string of the molecule is CCCCCCCCC(CCCCCCCC(O)CCCCCCC)S(=O)(=O)[O-].[Na+]. The molecule has 0 aliphatic heterocycles. The minimum absolute atomic E-state index is 0. The monoisotopic (exact) mass is 456 g/mol. The van der Waals surface area contributed by atoms with Crippen LogP contribution in [0.5, 0.6) is 0 Å². The van der Waals surface area contributed by atoms with Gasteiger partial charge in [0.05, 0.1) is 16.2 Å². The maximum Gasteiger partial charge on any atom is 1.00 e. The molecule has 0 rings (SSSR count). The molecule has 0 bridgehead atoms. The van der Waals surface area contributed by atoms with Crippen LogP contribution < -0.4 is 29.6 Å². The van der Waals surface area contributed by atoms with Crippen LogP contribution in [0.1, 0.15) is 142 Å². The van der Waals surface area contributed by atoms with E-state index in [1.54, 1.807) is 0 Å². The van der Waals surface area contributed by atoms with Gasteiger partial charge in [0.25, 0.3) is 0 Å². The summed E-state index contributed by atoms with van der Waals surface area (Å²) in [7, 11) is -4.17. The van der Waals surface area contributed by atoms with Crippen LogP contribution in [0.3, 0.4) is 0 Å². The maximum absolute atomic E-state index is 11.5. The second-order valence-electron chi connectivity index (χ2n) is 8.87. The molecule has 176 valence electrons. The van der Waals surface area contributed by atoms with Crippen molar-refractivity contribution in [3.8, 4) is 0 Å². The molecule has 2 unspecified atom stereocenters. The molecule has 0 saturated carbocycles. The van der Waals surface area contributed by atoms with Crippen molar-refractivity contribution in [2.24, 2.45) is 0 Å². The molecule has 0 amide bonds. The van der Waals surface area contributed by atoms with Crippen molar-refractivity contribution in [1.29, 1.82) is 0 Å². The standard InChI is InChI=1S/C24H50O4S.Na/c1-3-5-7-9-13-17-21-24(29(26,27)28)22-18-14-10-12-16-20-23(25)19-15-11-8-6-4-2;/h23-25H,3-22H2,1-2H3,(H,26,27,28);/q;+1/p-1. The molecule has 0 fully saturated rings. The molecular weight excluding hydrogens is 407 g/mol. The van der Waals surface area contributed by atoms with Crippen molar-refractivity contribution in [3.63, 3.8) is 0 Å². The molecule has 2 atom stereocenters. The van der Waals surface area contributed by atoms with Crippen LogP contribution in [-0.2, 0) is 10.1 Å². The first kappa shape index (κ1) is 33.0. The summed E-state index contributed by atoms with van der Waals surface area (Å²) in [5, 5.41) is 9.33. The first-order valence-corrected chi connectivity index (χ1v) is 14.0. The van der Waals surface area contributed by atoms with Gasteiger partial charge >= 0.3 is 29.6 Å². The zero-order chi connectivity index (χ0) is 21.8. The number of aliphatic hydroxyl groups excluding tert-OH is 1. The number of unbranched alkanes of at least 4 members (excludes halogenated alkanes) is 13. The molecule has 6 heteroatoms. The zero-order valence-corrected chi connectivity index (χ0v) is 23.2. The van der Waals surface area contributed by atoms with E-state index < -0.39 is 15.4 Å². The molecule has 30 heavy (non-hydrogen) atoms. The van der Waals surface area contributed by atoms with Gasteiger partial charge in [0.1, 0.15) is 0 Å². The summed E-state index contributed by atoms with van der Waals surface area (Å²) in [5.74, 6) is 0. The summed E-state index contributed by atoms with van der Waals surface area (Å²) in [4.78, 5) is 0. The molecule has 0 radical (unpaired) electrons. The molecule has 4 nitrogen and oxygen atoms in total. The molecule has 0 aliphatic carbocycles. The molecule has 0 saturated heterocycles. The van der Waals surface area contributed by atoms with Crippen LogP contribution in [0.4, 0.5) is 0 Å². The summed E-state index contributed by atoms with van der Waals surface area (Å²) in [5.41, 5.74) is 0. The van der Waals surface area contributed by atoms with Crippen molar-refractivity contribution in [3.05, 3.63) is 0 Å². The Morgan fingerprint density at radius 1 is 0.600 bits per heavy atom. The molecule has 1 N–H and O–H groups in total. The van der Waals surface area contributed by atoms with Crippen molar-refractivity contribution >= 4 is 10.1 Å². The van der Waals surface area contributed by atoms with E-state index in [0.29, 0.717) is 12.8 Å². The molecule has 0 spiro atoms. The Kier molecular flexibility index (Phi) is 25.4. The van der Waals surface area contributed by atoms with E-state index in [9.17, 15) is 18.1 Å². The van der Waals surface area contributed by atoms with Crippen molar-refractivity contribution in [1.82, 2.24) is 0 Å². The molecule has 0 aromatic carbocycles. The van der Waals surface area contributed by atoms with Crippen molar-refractivity contribution in [2.45, 2.75) is 154 Å². The maximum atomic E-state index is 11.5. The number of hydrogen-bond acceptors (Lipinski definition) is 4. The number of aliphatic hydroxyl groups is 1. The van der Waals surface area contributed by atoms with E-state index >= 15 is 0 Å². The minimum atomic E-state index is -4.17. The van der Waals surface area contributed by atoms with Gasteiger partial charge in [-0.2, -0.15) is 0 Å². The van der Waals surface area contributed by atoms with Crippen LogP contribution in [0, 0.1) is 0 Å². The Morgan fingerprint density at radius 2 is 0.900 bits per heavy atom. The van der Waals surface area contributed by atoms with Gasteiger partial charge in [-0.3, -0.25) is 0 Å². The third kappa shape index (κ3) is 22.1. The van der Waals surface area contributed by atoms with Crippen molar-refractivity contribution in [2.75, 3.05) is 0 Å². The second-order valence-corrected chi connectivity index (χ2v) is 10.5. The third-order valence-corrected chi connectivity index (χ3v) is 7.28. The Morgan fingerprint density at radius 3 is 1.23 bits per heavy atom. The van der Waals surface area contributed by atoms with E-state index in [2.05, 4.69) is 13.8 Å². The minimum Gasteiger partial charge on any atom is -0.748 e. The summed E-state index contributed by atoms with van der Waals surface area (Å²) in [6.07, 6.45) is 20.5. The van der Waals surface area contributed by atoms with Gasteiger partial charge in [0.2, 0.25) is 0 Å². The van der Waals surface area contributed by atoms with Crippen LogP contribution in [0.2, 0.25) is 0 Å². The van der Waals surface area contributed by atoms with Crippen LogP contribution in [0.25, 0.3) is 0 Å². The molecular formula is C24H49NaO4S. The van der Waals surface area contributed by atoms with Crippen LogP contribution in [-0.4, -0.2) is 29.4 Å². The van der Waals surface area contributed by atoms with Gasteiger partial charge in [0, 0.05) is 5.25 Å². The van der Waals surface area contributed by atoms with Gasteiger partial charge in [-0.05, 0) is 25.7 Å². The fourth-order valence-electron chi connectivity index (χ4n) is 4.00. The summed E-state index contributed by atoms with van der Waals surface area (Å²) >= 11 is 0. The van der Waals surface area contributed by atoms with E-state index in [-0.39, 0.29) is 35.7 Å². The summed E-state index contributed by atoms with van der Waals surface area (Å²) in [6, 6.07) is 0. The van der Waals surface area contributed by atoms with Gasteiger partial charge in [0.15, 0.2) is 0 Å². The smallest absolute Gasteiger partial charge is 0.748 e. The Hall–Kier alpha value is 0.870. The molecule has 0 aromatic heterocycles. The number of hydrogen-bond donors (Lipinski definition) is 1. The second kappa shape index (κ2) is 23.0. The number of rotatable bonds is 22. The largest absolute Gasteiger partial charge is 1.00 e. The van der Waals surface area contributed by atoms with Crippen LogP contribution >= 0.6 is 0 Å². The van der Waals surface area contributed by atoms with E-state index in [1.807, 2.05) is 0 Å². The fraction of sp³-hybridized carbons (Fsp3) is 1.00. The summed E-state index contributed by atoms with van der Waals surface area (Å²) in [6.45, 7) is 4.39. The van der Waals surface area contributed by atoms with Gasteiger partial charge in [-0.25, -0.2) is 8.42 Å². The van der Waals surface area contributed by atoms with Gasteiger partial charge in [-0.15, -0.1) is 0 Å². The topological polar surface area (TPSA) is 77.4 Å². The Bertz CT molecular complexity index is 442. The molecule has 0 aromatic rings. The summed E-state index contributed by atoms with van der Waals surface area (Å²) < 4.78 is 34.5. The van der Waals surface area contributed by atoms with Crippen LogP contribution in [0.15, 0.2) is 0 Å². The first-order valence-electron chi connectivity index (χ1n) is 12.5. The predicted molar refractivity (Wildman–Crippen MR) is 123 cm³/mol. The van der Waals surface area contributed by atoms with Gasteiger partial charge in [-0.1, -0.05) is 117 Å². The van der Waals surface area contributed by atoms with E-state index in [0.717, 1.165) is 70.6 Å². The Balaban J connectivity index is 0. The predicted octanol–water partition coefficient (Wildman–Crippen LogP) is 4.11. The first-order chi connectivity index (χ1) is 13.9.